The lowest BCUT2D eigenvalue weighted by Gasteiger charge is -2.19. The molecular formula is C22H26N4O. The average molecular weight is 362 g/mol. The molecule has 0 spiro atoms. The van der Waals surface area contributed by atoms with E-state index in [2.05, 4.69) is 37.0 Å². The highest BCUT2D eigenvalue weighted by Gasteiger charge is 2.23. The number of hydrogen-bond acceptors (Lipinski definition) is 3. The molecule has 0 unspecified atom stereocenters. The highest BCUT2D eigenvalue weighted by Crippen LogP contribution is 2.24. The quantitative estimate of drug-likeness (QED) is 0.797. The summed E-state index contributed by atoms with van der Waals surface area (Å²) in [5, 5.41) is 2.81. The molecule has 0 radical (unpaired) electrons. The lowest BCUT2D eigenvalue weighted by Crippen LogP contribution is -2.37. The first-order valence-electron chi connectivity index (χ1n) is 9.09. The molecule has 0 bridgehead atoms. The van der Waals surface area contributed by atoms with Crippen LogP contribution in [-0.4, -0.2) is 18.0 Å². The largest absolute Gasteiger partial charge is 0.396 e. The van der Waals surface area contributed by atoms with E-state index in [4.69, 9.17) is 5.73 Å². The number of benzene rings is 2. The van der Waals surface area contributed by atoms with E-state index in [1.807, 2.05) is 42.3 Å². The Labute approximate surface area is 160 Å². The SMILES string of the molecule is C=C(NC(=O)N1Cc2ccc(CC)cc2C1)/C(N)=C\N(C)c1ccccc1. The minimum Gasteiger partial charge on any atom is -0.396 e. The first-order valence-corrected chi connectivity index (χ1v) is 9.09. The number of fused-ring (bicyclic) bond motifs is 1. The third-order valence-electron chi connectivity index (χ3n) is 4.79. The summed E-state index contributed by atoms with van der Waals surface area (Å²) in [4.78, 5) is 16.3. The highest BCUT2D eigenvalue weighted by molar-refractivity contribution is 5.77. The van der Waals surface area contributed by atoms with E-state index in [1.54, 1.807) is 11.1 Å². The number of amides is 2. The molecule has 2 aromatic rings. The summed E-state index contributed by atoms with van der Waals surface area (Å²) in [6, 6.07) is 16.1. The maximum atomic E-state index is 12.6. The Morgan fingerprint density at radius 2 is 1.93 bits per heavy atom. The van der Waals surface area contributed by atoms with Gasteiger partial charge in [0.15, 0.2) is 0 Å². The second-order valence-electron chi connectivity index (χ2n) is 6.75. The fraction of sp³-hybridized carbons (Fsp3) is 0.227. The van der Waals surface area contributed by atoms with Crippen LogP contribution in [0.2, 0.25) is 0 Å². The van der Waals surface area contributed by atoms with Gasteiger partial charge in [-0.2, -0.15) is 0 Å². The number of para-hydroxylation sites is 1. The predicted octanol–water partition coefficient (Wildman–Crippen LogP) is 3.72. The van der Waals surface area contributed by atoms with Gasteiger partial charge < -0.3 is 20.9 Å². The van der Waals surface area contributed by atoms with Crippen LogP contribution in [0.4, 0.5) is 10.5 Å². The molecule has 1 heterocycles. The van der Waals surface area contributed by atoms with Gasteiger partial charge >= 0.3 is 6.03 Å². The van der Waals surface area contributed by atoms with Crippen molar-refractivity contribution in [3.05, 3.63) is 89.4 Å². The lowest BCUT2D eigenvalue weighted by molar-refractivity contribution is 0.201. The number of carbonyl (C=O) groups is 1. The van der Waals surface area contributed by atoms with Gasteiger partial charge in [0.1, 0.15) is 0 Å². The number of aryl methyl sites for hydroxylation is 1. The Kier molecular flexibility index (Phi) is 5.50. The first kappa shape index (κ1) is 18.6. The van der Waals surface area contributed by atoms with Crippen LogP contribution in [0.1, 0.15) is 23.6 Å². The van der Waals surface area contributed by atoms with Crippen molar-refractivity contribution in [1.29, 1.82) is 0 Å². The number of urea groups is 1. The van der Waals surface area contributed by atoms with Crippen molar-refractivity contribution in [1.82, 2.24) is 10.2 Å². The van der Waals surface area contributed by atoms with E-state index in [-0.39, 0.29) is 6.03 Å². The van der Waals surface area contributed by atoms with Gasteiger partial charge in [-0.15, -0.1) is 0 Å². The lowest BCUT2D eigenvalue weighted by atomic mass is 10.1. The predicted molar refractivity (Wildman–Crippen MR) is 110 cm³/mol. The molecule has 5 nitrogen and oxygen atoms in total. The van der Waals surface area contributed by atoms with Crippen molar-refractivity contribution in [3.8, 4) is 0 Å². The summed E-state index contributed by atoms with van der Waals surface area (Å²) in [6.07, 6.45) is 2.75. The number of rotatable bonds is 5. The Morgan fingerprint density at radius 3 is 2.63 bits per heavy atom. The van der Waals surface area contributed by atoms with Gasteiger partial charge in [0.2, 0.25) is 0 Å². The molecular weight excluding hydrogens is 336 g/mol. The van der Waals surface area contributed by atoms with Crippen molar-refractivity contribution in [2.24, 2.45) is 5.73 Å². The third kappa shape index (κ3) is 4.31. The van der Waals surface area contributed by atoms with Crippen LogP contribution in [0.25, 0.3) is 0 Å². The van der Waals surface area contributed by atoms with Crippen LogP contribution >= 0.6 is 0 Å². The van der Waals surface area contributed by atoms with Crippen molar-refractivity contribution >= 4 is 11.7 Å². The van der Waals surface area contributed by atoms with Crippen LogP contribution in [0.5, 0.6) is 0 Å². The zero-order valence-corrected chi connectivity index (χ0v) is 15.9. The van der Waals surface area contributed by atoms with Crippen molar-refractivity contribution in [2.45, 2.75) is 26.4 Å². The van der Waals surface area contributed by atoms with E-state index in [0.29, 0.717) is 24.5 Å². The second kappa shape index (κ2) is 7.99. The third-order valence-corrected chi connectivity index (χ3v) is 4.79. The molecule has 2 amide bonds. The Hall–Kier alpha value is -3.21. The molecule has 3 N–H and O–H groups in total. The summed E-state index contributed by atoms with van der Waals surface area (Å²) < 4.78 is 0. The highest BCUT2D eigenvalue weighted by atomic mass is 16.2. The molecule has 0 aliphatic carbocycles. The van der Waals surface area contributed by atoms with Crippen molar-refractivity contribution in [3.63, 3.8) is 0 Å². The number of anilines is 1. The molecule has 0 atom stereocenters. The van der Waals surface area contributed by atoms with Crippen LogP contribution < -0.4 is 16.0 Å². The maximum absolute atomic E-state index is 12.6. The molecule has 140 valence electrons. The average Bonchev–Trinajstić information content (AvgIpc) is 3.11. The molecule has 1 aliphatic rings. The van der Waals surface area contributed by atoms with Crippen molar-refractivity contribution < 1.29 is 4.79 Å². The molecule has 3 rings (SSSR count). The maximum Gasteiger partial charge on any atom is 0.322 e. The minimum atomic E-state index is -0.187. The summed E-state index contributed by atoms with van der Waals surface area (Å²) in [7, 11) is 1.90. The number of nitrogens with one attached hydrogen (secondary N) is 1. The fourth-order valence-corrected chi connectivity index (χ4v) is 3.12. The summed E-state index contributed by atoms with van der Waals surface area (Å²) in [5.41, 5.74) is 11.6. The fourth-order valence-electron chi connectivity index (χ4n) is 3.12. The normalized spacial score (nSPS) is 13.3. The van der Waals surface area contributed by atoms with Crippen molar-refractivity contribution in [2.75, 3.05) is 11.9 Å². The number of nitrogens with two attached hydrogens (primary N) is 1. The molecule has 1 aliphatic heterocycles. The molecule has 27 heavy (non-hydrogen) atoms. The molecule has 2 aromatic carbocycles. The number of nitrogens with zero attached hydrogens (tertiary/aromatic N) is 2. The van der Waals surface area contributed by atoms with Crippen LogP contribution in [0, 0.1) is 0 Å². The van der Waals surface area contributed by atoms with E-state index in [1.165, 1.54) is 16.7 Å². The van der Waals surface area contributed by atoms with Gasteiger partial charge in [-0.1, -0.05) is 49.9 Å². The monoisotopic (exact) mass is 362 g/mol. The zero-order chi connectivity index (χ0) is 19.4. The van der Waals surface area contributed by atoms with E-state index >= 15 is 0 Å². The smallest absolute Gasteiger partial charge is 0.322 e. The van der Waals surface area contributed by atoms with Gasteiger partial charge in [-0.3, -0.25) is 0 Å². The molecule has 0 saturated heterocycles. The zero-order valence-electron chi connectivity index (χ0n) is 15.9. The van der Waals surface area contributed by atoms with E-state index in [0.717, 1.165) is 12.1 Å². The Balaban J connectivity index is 1.61. The first-order chi connectivity index (χ1) is 13.0. The Bertz CT molecular complexity index is 873. The van der Waals surface area contributed by atoms with E-state index < -0.39 is 0 Å². The second-order valence-corrected chi connectivity index (χ2v) is 6.75. The minimum absolute atomic E-state index is 0.187. The van der Waals surface area contributed by atoms with Crippen LogP contribution in [0.3, 0.4) is 0 Å². The van der Waals surface area contributed by atoms with Crippen LogP contribution in [0.15, 0.2) is 72.7 Å². The summed E-state index contributed by atoms with van der Waals surface area (Å²) >= 11 is 0. The van der Waals surface area contributed by atoms with Gasteiger partial charge in [-0.25, -0.2) is 4.79 Å². The Morgan fingerprint density at radius 1 is 1.22 bits per heavy atom. The topological polar surface area (TPSA) is 61.6 Å². The molecule has 0 aromatic heterocycles. The van der Waals surface area contributed by atoms with Gasteiger partial charge in [-0.05, 0) is 35.2 Å². The van der Waals surface area contributed by atoms with Gasteiger partial charge in [0, 0.05) is 32.0 Å². The number of hydrogen-bond donors (Lipinski definition) is 2. The van der Waals surface area contributed by atoms with Gasteiger partial charge in [0.05, 0.1) is 11.4 Å². The van der Waals surface area contributed by atoms with E-state index in [9.17, 15) is 4.79 Å². The molecule has 0 saturated carbocycles. The summed E-state index contributed by atoms with van der Waals surface area (Å²) in [5.74, 6) is 0. The van der Waals surface area contributed by atoms with Crippen LogP contribution in [-0.2, 0) is 19.5 Å². The standard InChI is InChI=1S/C22H26N4O/c1-4-17-10-11-18-13-26(14-19(18)12-17)22(27)24-16(2)21(23)15-25(3)20-8-6-5-7-9-20/h5-12,15H,2,4,13-14,23H2,1,3H3,(H,24,27)/b21-15+. The molecule has 0 fully saturated rings. The number of carbonyl (C=O) groups excluding carboxylic acids is 1. The van der Waals surface area contributed by atoms with Gasteiger partial charge in [0.25, 0.3) is 0 Å². The summed E-state index contributed by atoms with van der Waals surface area (Å²) in [6.45, 7) is 7.25. The molecule has 5 heteroatoms.